The molecule has 8 rings (SSSR count). The number of nitrogens with zero attached hydrogens (tertiary/aromatic N) is 2. The maximum absolute atomic E-state index is 14.1. The number of amides is 3. The molecule has 0 bridgehead atoms. The van der Waals surface area contributed by atoms with Gasteiger partial charge in [0.05, 0.1) is 10.0 Å². The molecule has 2 aliphatic heterocycles. The molecule has 0 fully saturated rings. The van der Waals surface area contributed by atoms with Gasteiger partial charge in [0.2, 0.25) is 5.91 Å². The number of aromatic nitrogens is 1. The molecular formula is C47H42Cl2N4O7. The maximum Gasteiger partial charge on any atom is 0.277 e. The van der Waals surface area contributed by atoms with Crippen LogP contribution in [0, 0.1) is 13.8 Å². The lowest BCUT2D eigenvalue weighted by molar-refractivity contribution is -0.126. The van der Waals surface area contributed by atoms with Crippen LogP contribution in [0.4, 0.5) is 0 Å². The van der Waals surface area contributed by atoms with Crippen molar-refractivity contribution in [2.24, 2.45) is 0 Å². The molecule has 2 aliphatic rings. The summed E-state index contributed by atoms with van der Waals surface area (Å²) in [5.41, 5.74) is 7.40. The molecule has 11 nitrogen and oxygen atoms in total. The van der Waals surface area contributed by atoms with Crippen LogP contribution < -0.4 is 24.8 Å². The van der Waals surface area contributed by atoms with Gasteiger partial charge in [-0.1, -0.05) is 77.8 Å². The van der Waals surface area contributed by atoms with Crippen LogP contribution in [-0.4, -0.2) is 53.8 Å². The van der Waals surface area contributed by atoms with Crippen molar-refractivity contribution in [2.45, 2.75) is 52.0 Å². The minimum atomic E-state index is -0.797. The number of aryl methyl sites for hydroxylation is 2. The van der Waals surface area contributed by atoms with E-state index in [1.54, 1.807) is 50.1 Å². The minimum absolute atomic E-state index is 0.131. The highest BCUT2D eigenvalue weighted by molar-refractivity contribution is 6.42. The van der Waals surface area contributed by atoms with Gasteiger partial charge in [-0.2, -0.15) is 0 Å². The lowest BCUT2D eigenvalue weighted by atomic mass is 9.92. The van der Waals surface area contributed by atoms with Crippen LogP contribution in [0.25, 0.3) is 11.1 Å². The third-order valence-corrected chi connectivity index (χ3v) is 11.5. The maximum atomic E-state index is 14.1. The number of hydrogen-bond acceptors (Lipinski definition) is 8. The minimum Gasteiger partial charge on any atom is -0.489 e. The van der Waals surface area contributed by atoms with Crippen molar-refractivity contribution in [3.63, 3.8) is 0 Å². The van der Waals surface area contributed by atoms with Gasteiger partial charge in [0.25, 0.3) is 11.8 Å². The number of nitrogens with one attached hydrogen (secondary N) is 2. The van der Waals surface area contributed by atoms with Crippen LogP contribution in [0.15, 0.2) is 108 Å². The molecule has 5 aromatic carbocycles. The number of oxazole rings is 1. The van der Waals surface area contributed by atoms with Crippen molar-refractivity contribution in [1.82, 2.24) is 20.5 Å². The SMILES string of the molecule is CNC(=O)c1ccc(-c2ccc(CCNC(=O)C3Cc4cc5c(cc4CN3C(=O)c3nc(C)oc3C)OC(c3ccc(OCc4ccc(Cl)c(Cl)c4)cc3)CO5)cc2)cc1. The summed E-state index contributed by atoms with van der Waals surface area (Å²) in [6.07, 6.45) is 0.493. The number of carbonyl (C=O) groups excluding carboxylic acids is 3. The fourth-order valence-corrected chi connectivity index (χ4v) is 7.79. The van der Waals surface area contributed by atoms with Crippen LogP contribution in [-0.2, 0) is 30.8 Å². The molecule has 0 saturated carbocycles. The molecule has 2 unspecified atom stereocenters. The first kappa shape index (κ1) is 40.5. The summed E-state index contributed by atoms with van der Waals surface area (Å²) in [5, 5.41) is 6.68. The second kappa shape index (κ2) is 17.5. The Morgan fingerprint density at radius 1 is 0.833 bits per heavy atom. The van der Waals surface area contributed by atoms with E-state index < -0.39 is 6.04 Å². The Kier molecular flexibility index (Phi) is 11.8. The second-order valence-corrected chi connectivity index (χ2v) is 15.6. The van der Waals surface area contributed by atoms with Gasteiger partial charge < -0.3 is 34.2 Å². The van der Waals surface area contributed by atoms with Gasteiger partial charge in [0.15, 0.2) is 29.2 Å². The smallest absolute Gasteiger partial charge is 0.277 e. The molecule has 0 saturated heterocycles. The first-order valence-corrected chi connectivity index (χ1v) is 20.3. The van der Waals surface area contributed by atoms with E-state index in [4.69, 9.17) is 41.8 Å². The topological polar surface area (TPSA) is 132 Å². The zero-order valence-electron chi connectivity index (χ0n) is 33.2. The molecule has 2 atom stereocenters. The second-order valence-electron chi connectivity index (χ2n) is 14.8. The number of ether oxygens (including phenoxy) is 3. The van der Waals surface area contributed by atoms with Crippen LogP contribution >= 0.6 is 23.2 Å². The van der Waals surface area contributed by atoms with Gasteiger partial charge in [0, 0.05) is 39.0 Å². The number of benzene rings is 5. The molecule has 13 heteroatoms. The quantitative estimate of drug-likeness (QED) is 0.133. The molecule has 6 aromatic rings. The molecule has 0 spiro atoms. The zero-order valence-corrected chi connectivity index (χ0v) is 34.7. The number of carbonyl (C=O) groups is 3. The van der Waals surface area contributed by atoms with Crippen molar-refractivity contribution in [3.8, 4) is 28.4 Å². The van der Waals surface area contributed by atoms with E-state index in [1.807, 2.05) is 78.9 Å². The van der Waals surface area contributed by atoms with Crippen LogP contribution in [0.3, 0.4) is 0 Å². The van der Waals surface area contributed by atoms with Crippen molar-refractivity contribution in [1.29, 1.82) is 0 Å². The molecular weight excluding hydrogens is 803 g/mol. The molecule has 0 aliphatic carbocycles. The Labute approximate surface area is 357 Å². The van der Waals surface area contributed by atoms with Crippen molar-refractivity contribution >= 4 is 40.9 Å². The summed E-state index contributed by atoms with van der Waals surface area (Å²) in [6, 6.07) is 31.6. The highest BCUT2D eigenvalue weighted by atomic mass is 35.5. The first-order chi connectivity index (χ1) is 29.0. The first-order valence-electron chi connectivity index (χ1n) is 19.6. The van der Waals surface area contributed by atoms with Crippen molar-refractivity contribution < 1.29 is 33.0 Å². The van der Waals surface area contributed by atoms with E-state index in [-0.39, 0.29) is 42.5 Å². The van der Waals surface area contributed by atoms with Crippen molar-refractivity contribution in [2.75, 3.05) is 20.2 Å². The van der Waals surface area contributed by atoms with Crippen LogP contribution in [0.1, 0.15) is 66.4 Å². The molecule has 2 N–H and O–H groups in total. The fraction of sp³-hybridized carbons (Fsp3) is 0.234. The Morgan fingerprint density at radius 2 is 1.53 bits per heavy atom. The monoisotopic (exact) mass is 844 g/mol. The van der Waals surface area contributed by atoms with Gasteiger partial charge in [-0.25, -0.2) is 4.98 Å². The molecule has 3 heterocycles. The van der Waals surface area contributed by atoms with E-state index >= 15 is 0 Å². The van der Waals surface area contributed by atoms with Gasteiger partial charge in [-0.05, 0) is 101 Å². The Bertz CT molecular complexity index is 2560. The van der Waals surface area contributed by atoms with Gasteiger partial charge in [-0.3, -0.25) is 14.4 Å². The van der Waals surface area contributed by atoms with Crippen LogP contribution in [0.2, 0.25) is 10.0 Å². The summed E-state index contributed by atoms with van der Waals surface area (Å²) in [6.45, 7) is 4.55. The molecule has 1 aromatic heterocycles. The molecule has 306 valence electrons. The third-order valence-electron chi connectivity index (χ3n) is 10.7. The van der Waals surface area contributed by atoms with E-state index in [9.17, 15) is 14.4 Å². The van der Waals surface area contributed by atoms with E-state index in [0.29, 0.717) is 70.7 Å². The number of hydrogen-bond donors (Lipinski definition) is 2. The van der Waals surface area contributed by atoms with Gasteiger partial charge in [0.1, 0.15) is 30.8 Å². The summed E-state index contributed by atoms with van der Waals surface area (Å²) in [7, 11) is 1.61. The average molecular weight is 846 g/mol. The Hall–Kier alpha value is -6.30. The Balaban J connectivity index is 0.936. The van der Waals surface area contributed by atoms with E-state index in [2.05, 4.69) is 15.6 Å². The highest BCUT2D eigenvalue weighted by Gasteiger charge is 2.38. The Morgan fingerprint density at radius 3 is 2.22 bits per heavy atom. The van der Waals surface area contributed by atoms with E-state index in [1.165, 1.54) is 0 Å². The van der Waals surface area contributed by atoms with Crippen molar-refractivity contribution in [3.05, 3.63) is 164 Å². The summed E-state index contributed by atoms with van der Waals surface area (Å²) < 4.78 is 24.3. The van der Waals surface area contributed by atoms with Gasteiger partial charge in [-0.15, -0.1) is 0 Å². The summed E-state index contributed by atoms with van der Waals surface area (Å²) in [5.74, 6) is 1.81. The fourth-order valence-electron chi connectivity index (χ4n) is 7.47. The number of fused-ring (bicyclic) bond motifs is 2. The lowest BCUT2D eigenvalue weighted by Crippen LogP contribution is -2.53. The standard InChI is InChI=1S/C47H42Cl2N4O7/c1-27-44(52-28(2)59-27)47(56)53-24-36-23-42-41(58-26-43(60-42)33-13-15-37(16-14-33)57-25-30-6-17-38(48)39(49)20-30)22-35(36)21-40(53)46(55)51-19-18-29-4-7-31(8-5-29)32-9-11-34(12-10-32)45(54)50-3/h4-17,20,22-23,40,43H,18-19,21,24-26H2,1-3H3,(H,50,54)(H,51,55). The molecule has 3 amide bonds. The largest absolute Gasteiger partial charge is 0.489 e. The summed E-state index contributed by atoms with van der Waals surface area (Å²) >= 11 is 12.2. The van der Waals surface area contributed by atoms with Gasteiger partial charge >= 0.3 is 0 Å². The third kappa shape index (κ3) is 8.83. The molecule has 0 radical (unpaired) electrons. The number of halogens is 2. The normalized spacial score (nSPS) is 15.5. The van der Waals surface area contributed by atoms with Crippen LogP contribution in [0.5, 0.6) is 17.2 Å². The predicted octanol–water partition coefficient (Wildman–Crippen LogP) is 8.64. The van der Waals surface area contributed by atoms with E-state index in [0.717, 1.165) is 38.9 Å². The summed E-state index contributed by atoms with van der Waals surface area (Å²) in [4.78, 5) is 45.9. The highest BCUT2D eigenvalue weighted by Crippen LogP contribution is 2.41. The average Bonchev–Trinajstić information content (AvgIpc) is 3.62. The predicted molar refractivity (Wildman–Crippen MR) is 228 cm³/mol. The lowest BCUT2D eigenvalue weighted by Gasteiger charge is -2.37. The zero-order chi connectivity index (χ0) is 41.9. The molecule has 60 heavy (non-hydrogen) atoms. The number of rotatable bonds is 11.